The Morgan fingerprint density at radius 1 is 1.00 bits per heavy atom. The fraction of sp³-hybridized carbons (Fsp3) is 0.286. The molecule has 0 aliphatic carbocycles. The lowest BCUT2D eigenvalue weighted by molar-refractivity contribution is -0.119. The second-order valence-corrected chi connectivity index (χ2v) is 3.88. The molecule has 0 saturated carbocycles. The van der Waals surface area contributed by atoms with Crippen LogP contribution in [-0.4, -0.2) is 31.6 Å². The van der Waals surface area contributed by atoms with Crippen molar-refractivity contribution >= 4 is 17.5 Å². The molecule has 0 saturated heterocycles. The average Bonchev–Trinajstić information content (AvgIpc) is 2.75. The summed E-state index contributed by atoms with van der Waals surface area (Å²) >= 11 is 0. The number of nitrogens with zero attached hydrogens (tertiary/aromatic N) is 1. The Labute approximate surface area is 111 Å². The van der Waals surface area contributed by atoms with Crippen molar-refractivity contribution in [2.24, 2.45) is 0 Å². The van der Waals surface area contributed by atoms with Gasteiger partial charge in [0.2, 0.25) is 0 Å². The van der Waals surface area contributed by atoms with Crippen LogP contribution in [0.5, 0.6) is 5.75 Å². The second kappa shape index (κ2) is 6.15. The van der Waals surface area contributed by atoms with Crippen LogP contribution >= 0.6 is 0 Å². The van der Waals surface area contributed by atoms with Crippen LogP contribution in [0.3, 0.4) is 0 Å². The van der Waals surface area contributed by atoms with E-state index in [2.05, 4.69) is 0 Å². The zero-order valence-corrected chi connectivity index (χ0v) is 10.7. The van der Waals surface area contributed by atoms with Crippen molar-refractivity contribution in [1.29, 1.82) is 0 Å². The van der Waals surface area contributed by atoms with Gasteiger partial charge in [0, 0.05) is 18.8 Å². The van der Waals surface area contributed by atoms with E-state index in [1.807, 2.05) is 6.92 Å². The number of hydrogen-bond donors (Lipinski definition) is 0. The van der Waals surface area contributed by atoms with Gasteiger partial charge in [0.25, 0.3) is 11.8 Å². The Hall–Kier alpha value is -2.14. The lowest BCUT2D eigenvalue weighted by atomic mass is 10.3. The minimum Gasteiger partial charge on any atom is -0.491 e. The summed E-state index contributed by atoms with van der Waals surface area (Å²) < 4.78 is 10.6. The molecule has 0 atom stereocenters. The SMILES string of the molecule is CCOCCOc1ccc(N2C(=O)C=CC2=O)cc1. The molecular weight excluding hydrogens is 246 g/mol. The van der Waals surface area contributed by atoms with Crippen molar-refractivity contribution < 1.29 is 19.1 Å². The third-order valence-corrected chi connectivity index (χ3v) is 2.60. The smallest absolute Gasteiger partial charge is 0.258 e. The van der Waals surface area contributed by atoms with E-state index in [4.69, 9.17) is 9.47 Å². The quantitative estimate of drug-likeness (QED) is 0.575. The highest BCUT2D eigenvalue weighted by molar-refractivity contribution is 6.28. The molecule has 19 heavy (non-hydrogen) atoms. The molecule has 5 heteroatoms. The molecule has 2 rings (SSSR count). The van der Waals surface area contributed by atoms with E-state index in [-0.39, 0.29) is 11.8 Å². The molecule has 100 valence electrons. The third kappa shape index (κ3) is 3.20. The molecule has 1 aromatic carbocycles. The zero-order valence-electron chi connectivity index (χ0n) is 10.7. The van der Waals surface area contributed by atoms with E-state index < -0.39 is 0 Å². The van der Waals surface area contributed by atoms with Gasteiger partial charge in [-0.3, -0.25) is 9.59 Å². The molecule has 2 amide bonds. The van der Waals surface area contributed by atoms with E-state index in [1.54, 1.807) is 24.3 Å². The lowest BCUT2D eigenvalue weighted by Gasteiger charge is -2.14. The molecule has 1 aliphatic rings. The van der Waals surface area contributed by atoms with Gasteiger partial charge in [0.15, 0.2) is 0 Å². The molecule has 5 nitrogen and oxygen atoms in total. The molecule has 0 fully saturated rings. The Morgan fingerprint density at radius 2 is 1.63 bits per heavy atom. The van der Waals surface area contributed by atoms with Crippen LogP contribution in [0.4, 0.5) is 5.69 Å². The zero-order chi connectivity index (χ0) is 13.7. The van der Waals surface area contributed by atoms with E-state index in [9.17, 15) is 9.59 Å². The monoisotopic (exact) mass is 261 g/mol. The summed E-state index contributed by atoms with van der Waals surface area (Å²) in [4.78, 5) is 24.1. The van der Waals surface area contributed by atoms with E-state index >= 15 is 0 Å². The Bertz CT molecular complexity index is 475. The van der Waals surface area contributed by atoms with Crippen molar-refractivity contribution in [2.45, 2.75) is 6.92 Å². The van der Waals surface area contributed by atoms with Crippen molar-refractivity contribution in [2.75, 3.05) is 24.7 Å². The number of carbonyl (C=O) groups is 2. The number of anilines is 1. The van der Waals surface area contributed by atoms with Crippen molar-refractivity contribution in [3.63, 3.8) is 0 Å². The summed E-state index contributed by atoms with van der Waals surface area (Å²) in [6.07, 6.45) is 2.52. The predicted octanol–water partition coefficient (Wildman–Crippen LogP) is 1.53. The fourth-order valence-electron chi connectivity index (χ4n) is 1.71. The normalized spacial score (nSPS) is 14.3. The van der Waals surface area contributed by atoms with Crippen LogP contribution in [0.2, 0.25) is 0 Å². The highest BCUT2D eigenvalue weighted by atomic mass is 16.5. The largest absolute Gasteiger partial charge is 0.491 e. The van der Waals surface area contributed by atoms with Crippen molar-refractivity contribution in [1.82, 2.24) is 0 Å². The molecule has 0 aromatic heterocycles. The standard InChI is InChI=1S/C14H15NO4/c1-2-18-9-10-19-12-5-3-11(4-6-12)15-13(16)7-8-14(15)17/h3-8H,2,9-10H2,1H3. The highest BCUT2D eigenvalue weighted by Crippen LogP contribution is 2.22. The maximum absolute atomic E-state index is 11.5. The number of rotatable bonds is 6. The van der Waals surface area contributed by atoms with Gasteiger partial charge < -0.3 is 9.47 Å². The topological polar surface area (TPSA) is 55.8 Å². The Morgan fingerprint density at radius 3 is 2.21 bits per heavy atom. The van der Waals surface area contributed by atoms with Crippen LogP contribution in [0, 0.1) is 0 Å². The fourth-order valence-corrected chi connectivity index (χ4v) is 1.71. The number of benzene rings is 1. The summed E-state index contributed by atoms with van der Waals surface area (Å²) in [5, 5.41) is 0. The lowest BCUT2D eigenvalue weighted by Crippen LogP contribution is -2.29. The summed E-state index contributed by atoms with van der Waals surface area (Å²) in [7, 11) is 0. The maximum atomic E-state index is 11.5. The molecule has 1 aromatic rings. The van der Waals surface area contributed by atoms with Crippen molar-refractivity contribution in [3.8, 4) is 5.75 Å². The molecule has 0 N–H and O–H groups in total. The summed E-state index contributed by atoms with van der Waals surface area (Å²) in [6.45, 7) is 3.59. The number of ether oxygens (including phenoxy) is 2. The number of imide groups is 1. The molecule has 0 radical (unpaired) electrons. The van der Waals surface area contributed by atoms with Gasteiger partial charge in [0.1, 0.15) is 12.4 Å². The van der Waals surface area contributed by atoms with Crippen LogP contribution in [0.1, 0.15) is 6.92 Å². The first-order valence-electron chi connectivity index (χ1n) is 6.09. The number of hydrogen-bond acceptors (Lipinski definition) is 4. The molecule has 0 unspecified atom stereocenters. The van der Waals surface area contributed by atoms with Gasteiger partial charge in [0.05, 0.1) is 12.3 Å². The summed E-state index contributed by atoms with van der Waals surface area (Å²) in [5.74, 6) is 0.0283. The maximum Gasteiger partial charge on any atom is 0.258 e. The molecule has 0 spiro atoms. The average molecular weight is 261 g/mol. The van der Waals surface area contributed by atoms with E-state index in [0.717, 1.165) is 4.90 Å². The highest BCUT2D eigenvalue weighted by Gasteiger charge is 2.24. The van der Waals surface area contributed by atoms with E-state index in [0.29, 0.717) is 31.3 Å². The first kappa shape index (κ1) is 13.3. The van der Waals surface area contributed by atoms with Crippen LogP contribution < -0.4 is 9.64 Å². The summed E-state index contributed by atoms with van der Waals surface area (Å²) in [6, 6.07) is 6.80. The number of amides is 2. The Kier molecular flexibility index (Phi) is 4.30. The minimum atomic E-state index is -0.324. The van der Waals surface area contributed by atoms with Gasteiger partial charge in [-0.15, -0.1) is 0 Å². The summed E-state index contributed by atoms with van der Waals surface area (Å²) in [5.41, 5.74) is 0.539. The van der Waals surface area contributed by atoms with Gasteiger partial charge in [-0.1, -0.05) is 0 Å². The Balaban J connectivity index is 1.95. The van der Waals surface area contributed by atoms with Gasteiger partial charge in [-0.25, -0.2) is 4.90 Å². The first-order chi connectivity index (χ1) is 9.22. The molecular formula is C14H15NO4. The van der Waals surface area contributed by atoms with Crippen LogP contribution in [0.15, 0.2) is 36.4 Å². The van der Waals surface area contributed by atoms with E-state index in [1.165, 1.54) is 12.2 Å². The predicted molar refractivity (Wildman–Crippen MR) is 70.1 cm³/mol. The van der Waals surface area contributed by atoms with Crippen LogP contribution in [-0.2, 0) is 14.3 Å². The van der Waals surface area contributed by atoms with Gasteiger partial charge >= 0.3 is 0 Å². The second-order valence-electron chi connectivity index (χ2n) is 3.88. The van der Waals surface area contributed by atoms with Gasteiger partial charge in [-0.05, 0) is 31.2 Å². The molecule has 0 bridgehead atoms. The first-order valence-corrected chi connectivity index (χ1v) is 6.09. The minimum absolute atomic E-state index is 0.324. The molecule has 1 aliphatic heterocycles. The number of carbonyl (C=O) groups excluding carboxylic acids is 2. The third-order valence-electron chi connectivity index (χ3n) is 2.60. The van der Waals surface area contributed by atoms with Crippen molar-refractivity contribution in [3.05, 3.63) is 36.4 Å². The van der Waals surface area contributed by atoms with Gasteiger partial charge in [-0.2, -0.15) is 0 Å². The van der Waals surface area contributed by atoms with Crippen LogP contribution in [0.25, 0.3) is 0 Å². The molecule has 1 heterocycles.